The number of hydrogen-bond acceptors (Lipinski definition) is 1. The first-order valence-corrected chi connectivity index (χ1v) is 3.74. The summed E-state index contributed by atoms with van der Waals surface area (Å²) in [7, 11) is 0. The Hall–Kier alpha value is -0.310. The highest BCUT2D eigenvalue weighted by molar-refractivity contribution is 6.33. The van der Waals surface area contributed by atoms with Crippen molar-refractivity contribution in [2.75, 3.05) is 0 Å². The predicted molar refractivity (Wildman–Crippen MR) is 44.3 cm³/mol. The van der Waals surface area contributed by atoms with E-state index in [1.54, 1.807) is 6.07 Å². The van der Waals surface area contributed by atoms with Crippen molar-refractivity contribution >= 4 is 23.2 Å². The van der Waals surface area contributed by atoms with Gasteiger partial charge in [-0.2, -0.15) is 0 Å². The number of halogens is 3. The highest BCUT2D eigenvalue weighted by Crippen LogP contribution is 2.23. The lowest BCUT2D eigenvalue weighted by Crippen LogP contribution is -1.98. The van der Waals surface area contributed by atoms with Gasteiger partial charge in [0, 0.05) is 11.6 Å². The normalized spacial score (nSPS) is 10.2. The fraction of sp³-hybridized carbons (Fsp3) is 0.143. The molecule has 4 heteroatoms. The SMILES string of the molecule is NCc1cc(Cl)cc(F)c1Cl. The molecule has 60 valence electrons. The zero-order valence-electron chi connectivity index (χ0n) is 5.57. The highest BCUT2D eigenvalue weighted by Gasteiger charge is 2.05. The second-order valence-corrected chi connectivity index (χ2v) is 2.88. The molecule has 0 unspecified atom stereocenters. The largest absolute Gasteiger partial charge is 0.326 e. The lowest BCUT2D eigenvalue weighted by molar-refractivity contribution is 0.626. The first-order valence-electron chi connectivity index (χ1n) is 2.98. The van der Waals surface area contributed by atoms with Gasteiger partial charge >= 0.3 is 0 Å². The van der Waals surface area contributed by atoms with Crippen molar-refractivity contribution in [1.29, 1.82) is 0 Å². The fourth-order valence-electron chi connectivity index (χ4n) is 0.758. The molecule has 0 atom stereocenters. The maximum Gasteiger partial charge on any atom is 0.143 e. The van der Waals surface area contributed by atoms with Gasteiger partial charge in [0.15, 0.2) is 0 Å². The van der Waals surface area contributed by atoms with Crippen molar-refractivity contribution in [2.24, 2.45) is 5.73 Å². The topological polar surface area (TPSA) is 26.0 Å². The third-order valence-corrected chi connectivity index (χ3v) is 1.93. The molecule has 0 fully saturated rings. The maximum absolute atomic E-state index is 12.8. The first-order chi connectivity index (χ1) is 5.15. The van der Waals surface area contributed by atoms with Gasteiger partial charge in [0.05, 0.1) is 5.02 Å². The van der Waals surface area contributed by atoms with Crippen molar-refractivity contribution in [1.82, 2.24) is 0 Å². The molecule has 0 aliphatic heterocycles. The third kappa shape index (κ3) is 1.83. The van der Waals surface area contributed by atoms with E-state index in [1.807, 2.05) is 0 Å². The molecule has 0 saturated carbocycles. The summed E-state index contributed by atoms with van der Waals surface area (Å²) >= 11 is 11.1. The van der Waals surface area contributed by atoms with E-state index in [2.05, 4.69) is 0 Å². The number of benzene rings is 1. The molecule has 0 bridgehead atoms. The van der Waals surface area contributed by atoms with Gasteiger partial charge in [-0.1, -0.05) is 23.2 Å². The van der Waals surface area contributed by atoms with Crippen LogP contribution in [0.25, 0.3) is 0 Å². The molecule has 0 aliphatic rings. The van der Waals surface area contributed by atoms with Gasteiger partial charge in [-0.3, -0.25) is 0 Å². The van der Waals surface area contributed by atoms with Crippen LogP contribution in [0, 0.1) is 5.82 Å². The van der Waals surface area contributed by atoms with Gasteiger partial charge in [-0.25, -0.2) is 4.39 Å². The average Bonchev–Trinajstić information content (AvgIpc) is 1.96. The Labute approximate surface area is 73.9 Å². The fourth-order valence-corrected chi connectivity index (χ4v) is 1.17. The van der Waals surface area contributed by atoms with E-state index in [-0.39, 0.29) is 11.6 Å². The Bertz CT molecular complexity index is 275. The van der Waals surface area contributed by atoms with E-state index >= 15 is 0 Å². The number of rotatable bonds is 1. The summed E-state index contributed by atoms with van der Waals surface area (Å²) in [5.41, 5.74) is 5.80. The molecule has 0 radical (unpaired) electrons. The van der Waals surface area contributed by atoms with E-state index in [0.29, 0.717) is 10.6 Å². The molecule has 0 spiro atoms. The lowest BCUT2D eigenvalue weighted by Gasteiger charge is -2.01. The van der Waals surface area contributed by atoms with Crippen LogP contribution in [0.4, 0.5) is 4.39 Å². The third-order valence-electron chi connectivity index (χ3n) is 1.29. The Morgan fingerprint density at radius 2 is 2.00 bits per heavy atom. The van der Waals surface area contributed by atoms with Crippen LogP contribution in [0.5, 0.6) is 0 Å². The molecule has 1 rings (SSSR count). The van der Waals surface area contributed by atoms with Crippen LogP contribution in [-0.2, 0) is 6.54 Å². The Morgan fingerprint density at radius 3 is 2.55 bits per heavy atom. The molecule has 1 nitrogen and oxygen atoms in total. The van der Waals surface area contributed by atoms with E-state index in [9.17, 15) is 4.39 Å². The zero-order valence-corrected chi connectivity index (χ0v) is 7.08. The first kappa shape index (κ1) is 8.78. The molecule has 2 N–H and O–H groups in total. The van der Waals surface area contributed by atoms with Crippen molar-refractivity contribution in [3.05, 3.63) is 33.6 Å². The summed E-state index contributed by atoms with van der Waals surface area (Å²) in [5, 5.41) is 0.365. The van der Waals surface area contributed by atoms with Gasteiger partial charge in [0.2, 0.25) is 0 Å². The predicted octanol–water partition coefficient (Wildman–Crippen LogP) is 2.59. The van der Waals surface area contributed by atoms with Crippen LogP contribution < -0.4 is 5.73 Å². The molecule has 0 aromatic heterocycles. The second-order valence-electron chi connectivity index (χ2n) is 2.06. The van der Waals surface area contributed by atoms with Gasteiger partial charge < -0.3 is 5.73 Å². The van der Waals surface area contributed by atoms with E-state index in [0.717, 1.165) is 6.07 Å². The van der Waals surface area contributed by atoms with Crippen molar-refractivity contribution in [2.45, 2.75) is 6.54 Å². The summed E-state index contributed by atoms with van der Waals surface area (Å²) in [4.78, 5) is 0. The van der Waals surface area contributed by atoms with E-state index in [4.69, 9.17) is 28.9 Å². The van der Waals surface area contributed by atoms with E-state index in [1.165, 1.54) is 0 Å². The lowest BCUT2D eigenvalue weighted by atomic mass is 10.2. The smallest absolute Gasteiger partial charge is 0.143 e. The van der Waals surface area contributed by atoms with Gasteiger partial charge in [0.25, 0.3) is 0 Å². The summed E-state index contributed by atoms with van der Waals surface area (Å²) in [5.74, 6) is -0.528. The average molecular weight is 194 g/mol. The number of nitrogens with two attached hydrogens (primary N) is 1. The summed E-state index contributed by atoms with van der Waals surface area (Å²) < 4.78 is 12.8. The van der Waals surface area contributed by atoms with Gasteiger partial charge in [0.1, 0.15) is 5.82 Å². The molecule has 1 aromatic rings. The number of hydrogen-bond donors (Lipinski definition) is 1. The zero-order chi connectivity index (χ0) is 8.43. The van der Waals surface area contributed by atoms with Crippen molar-refractivity contribution < 1.29 is 4.39 Å². The molecule has 1 aromatic carbocycles. The Kier molecular flexibility index (Phi) is 2.71. The maximum atomic E-state index is 12.8. The molecule has 0 amide bonds. The molecule has 0 saturated heterocycles. The quantitative estimate of drug-likeness (QED) is 0.683. The van der Waals surface area contributed by atoms with Crippen LogP contribution >= 0.6 is 23.2 Å². The van der Waals surface area contributed by atoms with E-state index < -0.39 is 5.82 Å². The minimum absolute atomic E-state index is 0.0527. The summed E-state index contributed by atoms with van der Waals surface area (Å²) in [6.07, 6.45) is 0. The van der Waals surface area contributed by atoms with Gasteiger partial charge in [-0.05, 0) is 17.7 Å². The van der Waals surface area contributed by atoms with Gasteiger partial charge in [-0.15, -0.1) is 0 Å². The van der Waals surface area contributed by atoms with Crippen LogP contribution in [0.15, 0.2) is 12.1 Å². The summed E-state index contributed by atoms with van der Waals surface area (Å²) in [6.45, 7) is 0.191. The Morgan fingerprint density at radius 1 is 1.36 bits per heavy atom. The molecule has 11 heavy (non-hydrogen) atoms. The van der Waals surface area contributed by atoms with Crippen molar-refractivity contribution in [3.8, 4) is 0 Å². The minimum Gasteiger partial charge on any atom is -0.326 e. The van der Waals surface area contributed by atoms with Crippen LogP contribution in [0.1, 0.15) is 5.56 Å². The monoisotopic (exact) mass is 193 g/mol. The molecule has 0 heterocycles. The molecular formula is C7H6Cl2FN. The second kappa shape index (κ2) is 3.39. The highest BCUT2D eigenvalue weighted by atomic mass is 35.5. The van der Waals surface area contributed by atoms with Crippen LogP contribution in [-0.4, -0.2) is 0 Å². The van der Waals surface area contributed by atoms with Crippen molar-refractivity contribution in [3.63, 3.8) is 0 Å². The summed E-state index contributed by atoms with van der Waals surface area (Å²) in [6, 6.07) is 2.70. The minimum atomic E-state index is -0.528. The molecule has 0 aliphatic carbocycles. The Balaban J connectivity index is 3.24. The standard InChI is InChI=1S/C7H6Cl2FN/c8-5-1-4(3-11)7(9)6(10)2-5/h1-2H,3,11H2. The van der Waals surface area contributed by atoms with Crippen LogP contribution in [0.2, 0.25) is 10.0 Å². The molecular weight excluding hydrogens is 188 g/mol. The van der Waals surface area contributed by atoms with Crippen LogP contribution in [0.3, 0.4) is 0 Å².